The Bertz CT molecular complexity index is 1530. The van der Waals surface area contributed by atoms with Crippen LogP contribution in [0.1, 0.15) is 32.8 Å². The number of hydrogen-bond donors (Lipinski definition) is 0. The van der Waals surface area contributed by atoms with Crippen LogP contribution in [-0.4, -0.2) is 50.7 Å². The van der Waals surface area contributed by atoms with E-state index in [1.807, 2.05) is 50.2 Å². The molecule has 2 aromatic carbocycles. The summed E-state index contributed by atoms with van der Waals surface area (Å²) in [6, 6.07) is 17.3. The number of amides is 2. The number of ether oxygens (including phenoxy) is 1. The molecule has 2 heterocycles. The monoisotopic (exact) mass is 525 g/mol. The van der Waals surface area contributed by atoms with Crippen molar-refractivity contribution < 1.29 is 19.2 Å². The molecule has 0 saturated carbocycles. The minimum absolute atomic E-state index is 0.0124. The van der Waals surface area contributed by atoms with Gasteiger partial charge in [0.05, 0.1) is 16.7 Å². The predicted molar refractivity (Wildman–Crippen MR) is 144 cm³/mol. The van der Waals surface area contributed by atoms with Crippen LogP contribution in [0, 0.1) is 21.4 Å². The molecule has 1 aliphatic heterocycles. The van der Waals surface area contributed by atoms with Gasteiger partial charge in [-0.15, -0.1) is 0 Å². The van der Waals surface area contributed by atoms with Gasteiger partial charge in [0.25, 0.3) is 17.5 Å². The highest BCUT2D eigenvalue weighted by molar-refractivity contribution is 6.19. The first-order valence-electron chi connectivity index (χ1n) is 12.4. The molecule has 0 saturated heterocycles. The van der Waals surface area contributed by atoms with E-state index >= 15 is 0 Å². The van der Waals surface area contributed by atoms with E-state index in [0.29, 0.717) is 29.8 Å². The fourth-order valence-electron chi connectivity index (χ4n) is 4.23. The molecule has 39 heavy (non-hydrogen) atoms. The average molecular weight is 526 g/mol. The third-order valence-electron chi connectivity index (χ3n) is 6.20. The minimum atomic E-state index is -0.638. The zero-order chi connectivity index (χ0) is 28.1. The second kappa shape index (κ2) is 11.7. The fourth-order valence-corrected chi connectivity index (χ4v) is 4.23. The molecule has 10 nitrogen and oxygen atoms in total. The average Bonchev–Trinajstić information content (AvgIpc) is 3.35. The molecule has 4 rings (SSSR count). The number of carbonyl (C=O) groups excluding carboxylic acids is 2. The van der Waals surface area contributed by atoms with Gasteiger partial charge in [0.15, 0.2) is 0 Å². The standard InChI is InChI=1S/C29H27N5O5/c1-19(2)39-14-8-13-32-28(35)25(20(3)26(17-30)29(32)36)16-22-18-33(23-10-5-4-6-11-23)31-27(22)21-9-7-12-24(15-21)34(37)38/h4-7,9-12,15-16,18-19H,8,13-14H2,1-3H3/b25-16+. The molecule has 0 aliphatic carbocycles. The van der Waals surface area contributed by atoms with Gasteiger partial charge < -0.3 is 4.74 Å². The van der Waals surface area contributed by atoms with E-state index in [-0.39, 0.29) is 35.1 Å². The largest absolute Gasteiger partial charge is 0.379 e. The van der Waals surface area contributed by atoms with E-state index in [0.717, 1.165) is 10.6 Å². The Balaban J connectivity index is 1.82. The number of nitriles is 1. The molecule has 0 spiro atoms. The molecule has 0 radical (unpaired) electrons. The lowest BCUT2D eigenvalue weighted by Crippen LogP contribution is -2.43. The van der Waals surface area contributed by atoms with Crippen LogP contribution in [0.25, 0.3) is 23.0 Å². The lowest BCUT2D eigenvalue weighted by Gasteiger charge is -2.27. The number of nitro groups is 1. The highest BCUT2D eigenvalue weighted by atomic mass is 16.6. The molecule has 0 atom stereocenters. The number of carbonyl (C=O) groups is 2. The summed E-state index contributed by atoms with van der Waals surface area (Å²) >= 11 is 0. The van der Waals surface area contributed by atoms with Crippen LogP contribution in [0.2, 0.25) is 0 Å². The van der Waals surface area contributed by atoms with Gasteiger partial charge in [0.2, 0.25) is 0 Å². The highest BCUT2D eigenvalue weighted by Gasteiger charge is 2.35. The number of aromatic nitrogens is 2. The Hall–Kier alpha value is -4.88. The number of nitrogens with zero attached hydrogens (tertiary/aromatic N) is 5. The quantitative estimate of drug-likeness (QED) is 0.128. The van der Waals surface area contributed by atoms with E-state index in [1.54, 1.807) is 36.0 Å². The topological polar surface area (TPSA) is 131 Å². The van der Waals surface area contributed by atoms with Crippen molar-refractivity contribution in [3.05, 3.63) is 93.2 Å². The lowest BCUT2D eigenvalue weighted by molar-refractivity contribution is -0.384. The number of nitro benzene ring substituents is 1. The molecule has 2 amide bonds. The Labute approximate surface area is 225 Å². The lowest BCUT2D eigenvalue weighted by atomic mass is 9.93. The highest BCUT2D eigenvalue weighted by Crippen LogP contribution is 2.32. The second-order valence-corrected chi connectivity index (χ2v) is 9.23. The Kier molecular flexibility index (Phi) is 8.13. The van der Waals surface area contributed by atoms with E-state index < -0.39 is 16.7 Å². The summed E-state index contributed by atoms with van der Waals surface area (Å²) in [5, 5.41) is 25.8. The third kappa shape index (κ3) is 5.84. The SMILES string of the molecule is CC1=C(C#N)C(=O)N(CCCOC(C)C)C(=O)/C1=C/c1cn(-c2ccccc2)nc1-c1cccc([N+](=O)[O-])c1. The van der Waals surface area contributed by atoms with Gasteiger partial charge in [-0.1, -0.05) is 30.3 Å². The molecule has 0 unspecified atom stereocenters. The summed E-state index contributed by atoms with van der Waals surface area (Å²) in [4.78, 5) is 38.5. The van der Waals surface area contributed by atoms with Gasteiger partial charge >= 0.3 is 0 Å². The summed E-state index contributed by atoms with van der Waals surface area (Å²) in [6.45, 7) is 5.81. The smallest absolute Gasteiger partial charge is 0.271 e. The number of rotatable bonds is 9. The number of imide groups is 1. The molecule has 3 aromatic rings. The Morgan fingerprint density at radius 3 is 2.54 bits per heavy atom. The van der Waals surface area contributed by atoms with Crippen molar-refractivity contribution in [2.75, 3.05) is 13.2 Å². The maximum atomic E-state index is 13.5. The van der Waals surface area contributed by atoms with Crippen molar-refractivity contribution in [3.8, 4) is 23.0 Å². The van der Waals surface area contributed by atoms with Crippen molar-refractivity contribution in [3.63, 3.8) is 0 Å². The molecule has 198 valence electrons. The summed E-state index contributed by atoms with van der Waals surface area (Å²) in [5.74, 6) is -1.17. The van der Waals surface area contributed by atoms with Crippen molar-refractivity contribution in [2.24, 2.45) is 0 Å². The first-order valence-corrected chi connectivity index (χ1v) is 12.4. The van der Waals surface area contributed by atoms with Crippen molar-refractivity contribution in [1.29, 1.82) is 5.26 Å². The number of non-ortho nitro benzene ring substituents is 1. The summed E-state index contributed by atoms with van der Waals surface area (Å²) in [6.07, 6.45) is 3.73. The minimum Gasteiger partial charge on any atom is -0.379 e. The normalized spacial score (nSPS) is 14.8. The van der Waals surface area contributed by atoms with E-state index in [2.05, 4.69) is 5.10 Å². The molecule has 10 heteroatoms. The van der Waals surface area contributed by atoms with Crippen LogP contribution in [0.5, 0.6) is 0 Å². The molecular weight excluding hydrogens is 498 g/mol. The first kappa shape index (κ1) is 27.2. The number of para-hydroxylation sites is 1. The van der Waals surface area contributed by atoms with Crippen molar-refractivity contribution in [1.82, 2.24) is 14.7 Å². The number of benzene rings is 2. The van der Waals surface area contributed by atoms with E-state index in [9.17, 15) is 25.0 Å². The summed E-state index contributed by atoms with van der Waals surface area (Å²) in [5.41, 5.74) is 2.36. The fraction of sp³-hybridized carbons (Fsp3) is 0.241. The molecule has 0 N–H and O–H groups in total. The first-order chi connectivity index (χ1) is 18.7. The zero-order valence-electron chi connectivity index (χ0n) is 21.8. The maximum Gasteiger partial charge on any atom is 0.271 e. The molecule has 1 aliphatic rings. The number of hydrogen-bond acceptors (Lipinski definition) is 7. The predicted octanol–water partition coefficient (Wildman–Crippen LogP) is 4.85. The van der Waals surface area contributed by atoms with Gasteiger partial charge in [0.1, 0.15) is 17.3 Å². The van der Waals surface area contributed by atoms with Gasteiger partial charge in [-0.3, -0.25) is 24.6 Å². The molecule has 0 bridgehead atoms. The third-order valence-corrected chi connectivity index (χ3v) is 6.20. The second-order valence-electron chi connectivity index (χ2n) is 9.23. The Morgan fingerprint density at radius 2 is 1.87 bits per heavy atom. The van der Waals surface area contributed by atoms with Crippen LogP contribution in [0.3, 0.4) is 0 Å². The van der Waals surface area contributed by atoms with Crippen LogP contribution >= 0.6 is 0 Å². The van der Waals surface area contributed by atoms with Crippen LogP contribution < -0.4 is 0 Å². The van der Waals surface area contributed by atoms with Crippen LogP contribution in [0.4, 0.5) is 5.69 Å². The van der Waals surface area contributed by atoms with Crippen LogP contribution in [-0.2, 0) is 14.3 Å². The maximum absolute atomic E-state index is 13.5. The Morgan fingerprint density at radius 1 is 1.13 bits per heavy atom. The molecular formula is C29H27N5O5. The van der Waals surface area contributed by atoms with Crippen molar-refractivity contribution in [2.45, 2.75) is 33.3 Å². The zero-order valence-corrected chi connectivity index (χ0v) is 21.8. The van der Waals surface area contributed by atoms with Gasteiger partial charge in [-0.25, -0.2) is 4.68 Å². The summed E-state index contributed by atoms with van der Waals surface area (Å²) in [7, 11) is 0. The van der Waals surface area contributed by atoms with E-state index in [4.69, 9.17) is 4.74 Å². The van der Waals surface area contributed by atoms with Gasteiger partial charge in [0, 0.05) is 48.2 Å². The van der Waals surface area contributed by atoms with E-state index in [1.165, 1.54) is 12.1 Å². The molecule has 1 aromatic heterocycles. The van der Waals surface area contributed by atoms with Gasteiger partial charge in [-0.05, 0) is 51.0 Å². The summed E-state index contributed by atoms with van der Waals surface area (Å²) < 4.78 is 7.15. The molecule has 0 fully saturated rings. The van der Waals surface area contributed by atoms with Crippen molar-refractivity contribution >= 4 is 23.6 Å². The van der Waals surface area contributed by atoms with Gasteiger partial charge in [-0.2, -0.15) is 10.4 Å². The van der Waals surface area contributed by atoms with Crippen LogP contribution in [0.15, 0.2) is 77.5 Å².